The minimum atomic E-state index is -0.572. The predicted molar refractivity (Wildman–Crippen MR) is 385 cm³/mol. The van der Waals surface area contributed by atoms with Crippen molar-refractivity contribution in [2.24, 2.45) is 23.7 Å². The van der Waals surface area contributed by atoms with Gasteiger partial charge in [-0.25, -0.2) is 19.2 Å². The van der Waals surface area contributed by atoms with Crippen molar-refractivity contribution in [3.63, 3.8) is 0 Å². The number of esters is 4. The number of methoxy groups -OCH3 is 12. The number of benzene rings is 8. The lowest BCUT2D eigenvalue weighted by atomic mass is 9.80. The summed E-state index contributed by atoms with van der Waals surface area (Å²) in [5.74, 6) is 1.88. The maximum absolute atomic E-state index is 13.5. The molecular formula is C80H92O24. The van der Waals surface area contributed by atoms with Gasteiger partial charge in [0.15, 0.2) is 46.0 Å². The van der Waals surface area contributed by atoms with Gasteiger partial charge in [-0.05, 0) is 183 Å². The summed E-state index contributed by atoms with van der Waals surface area (Å²) in [6.45, 7) is 0.367. The highest BCUT2D eigenvalue weighted by Crippen LogP contribution is 2.43. The van der Waals surface area contributed by atoms with Crippen molar-refractivity contribution < 1.29 is 115 Å². The molecule has 24 heteroatoms. The van der Waals surface area contributed by atoms with Crippen LogP contribution in [0.25, 0.3) is 0 Å². The van der Waals surface area contributed by atoms with Crippen LogP contribution in [0, 0.1) is 23.7 Å². The molecule has 0 unspecified atom stereocenters. The summed E-state index contributed by atoms with van der Waals surface area (Å²) in [5.41, 5.74) is 4.79. The lowest BCUT2D eigenvalue weighted by molar-refractivity contribution is 0.0358. The predicted octanol–water partition coefficient (Wildman–Crippen LogP) is 13.3. The fraction of sp³-hybridized carbons (Fsp3) is 0.350. The molecule has 104 heavy (non-hydrogen) atoms. The van der Waals surface area contributed by atoms with Crippen LogP contribution in [0.4, 0.5) is 0 Å². The van der Waals surface area contributed by atoms with Gasteiger partial charge in [0.2, 0.25) is 23.0 Å². The Morgan fingerprint density at radius 2 is 0.462 bits per heavy atom. The van der Waals surface area contributed by atoms with Gasteiger partial charge in [-0.3, -0.25) is 0 Å². The number of carbonyl (C=O) groups excluding carboxylic acids is 4. The highest BCUT2D eigenvalue weighted by Gasteiger charge is 2.30. The Morgan fingerprint density at radius 3 is 0.654 bits per heavy atom. The fourth-order valence-electron chi connectivity index (χ4n) is 12.0. The Balaban J connectivity index is 0.000000291. The van der Waals surface area contributed by atoms with Crippen LogP contribution < -0.4 is 56.8 Å². The van der Waals surface area contributed by atoms with Gasteiger partial charge in [-0.1, -0.05) is 48.5 Å². The minimum absolute atomic E-state index is 0.0599. The van der Waals surface area contributed by atoms with Crippen molar-refractivity contribution in [3.05, 3.63) is 190 Å². The van der Waals surface area contributed by atoms with Crippen molar-refractivity contribution in [2.75, 3.05) is 112 Å². The van der Waals surface area contributed by atoms with Crippen LogP contribution in [0.15, 0.2) is 146 Å². The van der Waals surface area contributed by atoms with Gasteiger partial charge in [0.25, 0.3) is 0 Å². The van der Waals surface area contributed by atoms with E-state index in [-0.39, 0.29) is 95.4 Å². The van der Waals surface area contributed by atoms with Crippen LogP contribution in [-0.2, 0) is 44.6 Å². The van der Waals surface area contributed by atoms with E-state index in [1.54, 1.807) is 48.5 Å². The first-order valence-electron chi connectivity index (χ1n) is 33.3. The summed E-state index contributed by atoms with van der Waals surface area (Å²) in [5, 5.41) is 39.7. The molecule has 0 aliphatic rings. The second-order valence-electron chi connectivity index (χ2n) is 23.9. The summed E-state index contributed by atoms with van der Waals surface area (Å²) < 4.78 is 88.0. The molecule has 4 N–H and O–H groups in total. The van der Waals surface area contributed by atoms with Gasteiger partial charge in [-0.2, -0.15) is 0 Å². The molecule has 0 amide bonds. The molecule has 0 radical (unpaired) electrons. The third-order valence-electron chi connectivity index (χ3n) is 17.4. The molecule has 8 aromatic rings. The van der Waals surface area contributed by atoms with Crippen LogP contribution >= 0.6 is 0 Å². The summed E-state index contributed by atoms with van der Waals surface area (Å²) in [7, 11) is 17.7. The maximum atomic E-state index is 13.5. The lowest BCUT2D eigenvalue weighted by Gasteiger charge is -2.28. The molecule has 0 fully saturated rings. The van der Waals surface area contributed by atoms with Gasteiger partial charge in [-0.15, -0.1) is 0 Å². The van der Waals surface area contributed by atoms with E-state index in [0.717, 1.165) is 22.3 Å². The highest BCUT2D eigenvalue weighted by molar-refractivity contribution is 5.93. The second kappa shape index (κ2) is 40.2. The Bertz CT molecular complexity index is 3700. The summed E-state index contributed by atoms with van der Waals surface area (Å²) in [6.07, 6.45) is 4.45. The van der Waals surface area contributed by atoms with Crippen LogP contribution in [0.2, 0.25) is 0 Å². The smallest absolute Gasteiger partial charge is 0.338 e. The molecule has 8 aromatic carbocycles. The third-order valence-corrected chi connectivity index (χ3v) is 17.4. The standard InChI is InChI=1S/2C40H46O12/c2*1-45-33-20-28(21-34(46-2)37(33)49-5)39(43)51-17-7-8-27(18-25-9-13-31(41)14-10-25)30(19-26-11-15-32(42)16-12-26)24-52-40(44)29-22-35(47-3)38(50-6)36(23-29)48-4/h2*9-16,20-23,27,30,41-42H,7-8,17-19,24H2,1-6H3/t2*27-,30+/m10/s1. The number of ether oxygens (including phenoxy) is 16. The monoisotopic (exact) mass is 1440 g/mol. The number of carbonyl (C=O) groups is 4. The van der Waals surface area contributed by atoms with Gasteiger partial charge < -0.3 is 96.2 Å². The first-order chi connectivity index (χ1) is 50.3. The van der Waals surface area contributed by atoms with Crippen LogP contribution in [0.1, 0.15) is 89.4 Å². The molecule has 0 spiro atoms. The normalized spacial score (nSPS) is 11.9. The summed E-state index contributed by atoms with van der Waals surface area (Å²) in [6, 6.07) is 40.0. The van der Waals surface area contributed by atoms with E-state index in [1.807, 2.05) is 48.5 Å². The molecular weight excluding hydrogens is 1340 g/mol. The van der Waals surface area contributed by atoms with Crippen molar-refractivity contribution in [2.45, 2.75) is 51.4 Å². The minimum Gasteiger partial charge on any atom is -0.508 e. The van der Waals surface area contributed by atoms with Gasteiger partial charge in [0.1, 0.15) is 23.0 Å². The van der Waals surface area contributed by atoms with E-state index in [0.29, 0.717) is 120 Å². The third kappa shape index (κ3) is 22.2. The topological polar surface area (TPSA) is 297 Å². The Labute approximate surface area is 605 Å². The number of rotatable bonds is 38. The zero-order valence-corrected chi connectivity index (χ0v) is 60.6. The number of phenolic OH excluding ortho intramolecular Hbond substituents is 4. The second-order valence-corrected chi connectivity index (χ2v) is 23.9. The molecule has 556 valence electrons. The van der Waals surface area contributed by atoms with E-state index in [9.17, 15) is 39.6 Å². The zero-order valence-electron chi connectivity index (χ0n) is 60.6. The van der Waals surface area contributed by atoms with Crippen molar-refractivity contribution in [1.82, 2.24) is 0 Å². The van der Waals surface area contributed by atoms with E-state index in [1.165, 1.54) is 134 Å². The SMILES string of the molecule is COc1cc(C(=O)OCCC[C@@H](Cc2ccc(O)cc2)[C@@H](COC(=O)c2cc(OC)c(OC)c(OC)c2)Cc2ccc(O)cc2)cc(OC)c1OC.COc1cc(C(=O)OCCC[C@H](Cc2ccc(O)cc2)[C@H](COC(=O)c2cc(OC)c(OC)c(OC)c2)Cc2ccc(O)cc2)cc(OC)c1OC. The zero-order chi connectivity index (χ0) is 75.2. The molecule has 24 nitrogen and oxygen atoms in total. The maximum Gasteiger partial charge on any atom is 0.338 e. The molecule has 0 saturated heterocycles. The summed E-state index contributed by atoms with van der Waals surface area (Å²) in [4.78, 5) is 53.2. The van der Waals surface area contributed by atoms with E-state index < -0.39 is 23.9 Å². The van der Waals surface area contributed by atoms with Gasteiger partial charge in [0.05, 0.1) is 134 Å². The number of phenols is 4. The van der Waals surface area contributed by atoms with Gasteiger partial charge >= 0.3 is 23.9 Å². The molecule has 0 bridgehead atoms. The molecule has 8 rings (SSSR count). The van der Waals surface area contributed by atoms with E-state index >= 15 is 0 Å². The molecule has 0 saturated carbocycles. The quantitative estimate of drug-likeness (QED) is 0.0159. The largest absolute Gasteiger partial charge is 0.508 e. The number of hydrogen-bond acceptors (Lipinski definition) is 24. The van der Waals surface area contributed by atoms with E-state index in [2.05, 4.69) is 0 Å². The average Bonchev–Trinajstić information content (AvgIpc) is 0.830. The average molecular weight is 1440 g/mol. The van der Waals surface area contributed by atoms with Gasteiger partial charge in [0, 0.05) is 11.8 Å². The van der Waals surface area contributed by atoms with Crippen LogP contribution in [0.3, 0.4) is 0 Å². The highest BCUT2D eigenvalue weighted by atomic mass is 16.6. The molecule has 0 aromatic heterocycles. The molecule has 0 aliphatic carbocycles. The van der Waals surface area contributed by atoms with Crippen LogP contribution in [-0.4, -0.2) is 156 Å². The number of aromatic hydroxyl groups is 4. The first kappa shape index (κ1) is 79.8. The van der Waals surface area contributed by atoms with Crippen molar-refractivity contribution >= 4 is 23.9 Å². The lowest BCUT2D eigenvalue weighted by Crippen LogP contribution is -2.26. The van der Waals surface area contributed by atoms with Crippen LogP contribution in [0.5, 0.6) is 92.0 Å². The molecule has 0 aliphatic heterocycles. The van der Waals surface area contributed by atoms with E-state index in [4.69, 9.17) is 75.8 Å². The molecule has 0 heterocycles. The Hall–Kier alpha value is -11.6. The molecule has 4 atom stereocenters. The fourth-order valence-corrected chi connectivity index (χ4v) is 12.0. The first-order valence-corrected chi connectivity index (χ1v) is 33.3. The Morgan fingerprint density at radius 1 is 0.269 bits per heavy atom. The Kier molecular flexibility index (Phi) is 30.8. The summed E-state index contributed by atoms with van der Waals surface area (Å²) >= 11 is 0. The number of hydrogen-bond donors (Lipinski definition) is 4. The van der Waals surface area contributed by atoms with Crippen molar-refractivity contribution in [1.29, 1.82) is 0 Å². The van der Waals surface area contributed by atoms with Crippen molar-refractivity contribution in [3.8, 4) is 92.0 Å².